The van der Waals surface area contributed by atoms with Gasteiger partial charge in [-0.2, -0.15) is 9.13 Å². The third-order valence-corrected chi connectivity index (χ3v) is 9.63. The van der Waals surface area contributed by atoms with Gasteiger partial charge in [0.25, 0.3) is 0 Å². The molecule has 3 nitrogen and oxygen atoms in total. The van der Waals surface area contributed by atoms with Crippen molar-refractivity contribution in [2.75, 3.05) is 0 Å². The lowest BCUT2D eigenvalue weighted by Gasteiger charge is -2.13. The van der Waals surface area contributed by atoms with Crippen LogP contribution in [0, 0.1) is 6.92 Å². The van der Waals surface area contributed by atoms with Crippen molar-refractivity contribution >= 4 is 0 Å². The Balaban J connectivity index is 1.20. The first-order valence-electron chi connectivity index (χ1n) is 16.8. The predicted molar refractivity (Wildman–Crippen MR) is 195 cm³/mol. The first kappa shape index (κ1) is 31.0. The summed E-state index contributed by atoms with van der Waals surface area (Å²) in [5.74, 6) is 0. The number of hydrogen-bond donors (Lipinski definition) is 0. The molecule has 0 unspecified atom stereocenters. The molecule has 48 heavy (non-hydrogen) atoms. The summed E-state index contributed by atoms with van der Waals surface area (Å²) in [7, 11) is 4.30. The minimum Gasteiger partial charge on any atom is -0.201 e. The molecule has 3 heterocycles. The summed E-state index contributed by atoms with van der Waals surface area (Å²) in [5, 5.41) is 0. The van der Waals surface area contributed by atoms with Gasteiger partial charge in [0, 0.05) is 59.5 Å². The first-order valence-corrected chi connectivity index (χ1v) is 16.8. The fraction of sp³-hybridized carbons (Fsp3) is 0.133. The van der Waals surface area contributed by atoms with Crippen LogP contribution in [0.3, 0.4) is 0 Å². The second-order valence-corrected chi connectivity index (χ2v) is 12.5. The molecule has 0 fully saturated rings. The maximum absolute atomic E-state index is 2.40. The molecule has 4 aromatic carbocycles. The summed E-state index contributed by atoms with van der Waals surface area (Å²) in [6.45, 7) is 2.99. The Hall–Kier alpha value is -5.67. The molecule has 7 aromatic rings. The van der Waals surface area contributed by atoms with Crippen molar-refractivity contribution < 1.29 is 13.7 Å². The normalized spacial score (nSPS) is 11.1. The number of rotatable bonds is 9. The summed E-state index contributed by atoms with van der Waals surface area (Å²) in [5.41, 5.74) is 15.3. The van der Waals surface area contributed by atoms with Crippen molar-refractivity contribution in [1.82, 2.24) is 0 Å². The minimum absolute atomic E-state index is 0.771. The van der Waals surface area contributed by atoms with Crippen LogP contribution in [0.2, 0.25) is 0 Å². The van der Waals surface area contributed by atoms with Crippen molar-refractivity contribution in [2.45, 2.75) is 26.3 Å². The molecule has 234 valence electrons. The molecule has 0 N–H and O–H groups in total. The van der Waals surface area contributed by atoms with Crippen molar-refractivity contribution in [3.8, 4) is 44.9 Å². The third kappa shape index (κ3) is 6.32. The Bertz CT molecular complexity index is 2200. The lowest BCUT2D eigenvalue weighted by Crippen LogP contribution is -2.38. The second-order valence-electron chi connectivity index (χ2n) is 12.5. The number of aromatic nitrogens is 3. The van der Waals surface area contributed by atoms with E-state index in [0.717, 1.165) is 19.4 Å². The second kappa shape index (κ2) is 14.0. The molecule has 0 atom stereocenters. The minimum atomic E-state index is 0.771. The lowest BCUT2D eigenvalue weighted by molar-refractivity contribution is -0.678. The van der Waals surface area contributed by atoms with E-state index >= 15 is 0 Å². The molecule has 0 saturated carbocycles. The average Bonchev–Trinajstić information content (AvgIpc) is 3.13. The molecular formula is C45H42N3+3. The Morgan fingerprint density at radius 2 is 0.938 bits per heavy atom. The highest BCUT2D eigenvalue weighted by atomic mass is 15.0. The summed E-state index contributed by atoms with van der Waals surface area (Å²) < 4.78 is 6.94. The van der Waals surface area contributed by atoms with E-state index in [-0.39, 0.29) is 0 Å². The van der Waals surface area contributed by atoms with Crippen molar-refractivity contribution in [1.29, 1.82) is 0 Å². The molecule has 0 amide bonds. The van der Waals surface area contributed by atoms with E-state index in [1.165, 1.54) is 67.3 Å². The highest BCUT2D eigenvalue weighted by molar-refractivity contribution is 5.69. The van der Waals surface area contributed by atoms with Gasteiger partial charge < -0.3 is 0 Å². The van der Waals surface area contributed by atoms with E-state index in [4.69, 9.17) is 0 Å². The quantitative estimate of drug-likeness (QED) is 0.143. The number of hydrogen-bond acceptors (Lipinski definition) is 0. The van der Waals surface area contributed by atoms with Gasteiger partial charge in [0.1, 0.15) is 14.1 Å². The topological polar surface area (TPSA) is 11.6 Å². The van der Waals surface area contributed by atoms with Crippen LogP contribution in [0.25, 0.3) is 44.9 Å². The molecule has 3 heteroatoms. The van der Waals surface area contributed by atoms with Crippen LogP contribution in [0.5, 0.6) is 0 Å². The van der Waals surface area contributed by atoms with Gasteiger partial charge in [-0.15, -0.1) is 0 Å². The maximum atomic E-state index is 2.40. The van der Waals surface area contributed by atoms with Crippen LogP contribution in [-0.2, 0) is 33.5 Å². The molecule has 0 spiro atoms. The first-order chi connectivity index (χ1) is 23.6. The summed E-state index contributed by atoms with van der Waals surface area (Å²) in [6, 6.07) is 54.7. The van der Waals surface area contributed by atoms with Crippen molar-refractivity contribution in [2.24, 2.45) is 14.1 Å². The van der Waals surface area contributed by atoms with Gasteiger partial charge >= 0.3 is 0 Å². The monoisotopic (exact) mass is 624 g/mol. The Labute approximate surface area is 284 Å². The zero-order chi connectivity index (χ0) is 32.9. The molecular weight excluding hydrogens is 583 g/mol. The zero-order valence-electron chi connectivity index (χ0n) is 28.1. The molecule has 0 aliphatic heterocycles. The molecule has 0 radical (unpaired) electrons. The van der Waals surface area contributed by atoms with Gasteiger partial charge in [-0.3, -0.25) is 0 Å². The van der Waals surface area contributed by atoms with Gasteiger partial charge in [0.05, 0.1) is 5.56 Å². The Morgan fingerprint density at radius 3 is 1.60 bits per heavy atom. The average molecular weight is 625 g/mol. The fourth-order valence-electron chi connectivity index (χ4n) is 6.95. The van der Waals surface area contributed by atoms with Crippen LogP contribution < -0.4 is 13.7 Å². The zero-order valence-corrected chi connectivity index (χ0v) is 28.1. The Kier molecular flexibility index (Phi) is 9.02. The molecule has 0 bridgehead atoms. The van der Waals surface area contributed by atoms with Gasteiger partial charge in [-0.25, -0.2) is 4.57 Å². The number of pyridine rings is 3. The lowest BCUT2D eigenvalue weighted by atomic mass is 9.94. The van der Waals surface area contributed by atoms with Crippen LogP contribution in [0.15, 0.2) is 164 Å². The number of aryl methyl sites for hydroxylation is 3. The number of nitrogens with zero attached hydrogens (tertiary/aromatic N) is 3. The van der Waals surface area contributed by atoms with Gasteiger partial charge in [-0.1, -0.05) is 84.9 Å². The predicted octanol–water partition coefficient (Wildman–Crippen LogP) is 8.43. The standard InChI is InChI=1S/C45H42N3/c1-34-39(35-17-5-4-6-18-35)29-30-44(47(34)3)42-24-12-9-21-38(42)33-48-32-16-14-26-45(48)41-23-11-8-20-37(41)28-27-36-19-7-10-22-40(36)43-25-13-15-31-46(43)2/h4-26,29-32H,27-28,33H2,1-3H3/q+3. The maximum Gasteiger partial charge on any atom is 0.213 e. The van der Waals surface area contributed by atoms with E-state index in [9.17, 15) is 0 Å². The van der Waals surface area contributed by atoms with E-state index in [2.05, 4.69) is 199 Å². The Morgan fingerprint density at radius 1 is 0.417 bits per heavy atom. The summed E-state index contributed by atoms with van der Waals surface area (Å²) in [4.78, 5) is 0. The van der Waals surface area contributed by atoms with Crippen molar-refractivity contribution in [3.05, 3.63) is 186 Å². The SMILES string of the molecule is Cc1c(-c2ccccc2)ccc(-c2ccccc2C[n+]2ccccc2-c2ccccc2CCc2ccccc2-c2cccc[n+]2C)[n+]1C. The molecule has 3 aromatic heterocycles. The van der Waals surface area contributed by atoms with E-state index in [1.54, 1.807) is 0 Å². The number of benzene rings is 4. The van der Waals surface area contributed by atoms with E-state index < -0.39 is 0 Å². The smallest absolute Gasteiger partial charge is 0.201 e. The summed E-state index contributed by atoms with van der Waals surface area (Å²) in [6.07, 6.45) is 6.26. The highest BCUT2D eigenvalue weighted by Crippen LogP contribution is 2.29. The fourth-order valence-corrected chi connectivity index (χ4v) is 6.95. The highest BCUT2D eigenvalue weighted by Gasteiger charge is 2.23. The van der Waals surface area contributed by atoms with Crippen LogP contribution in [-0.4, -0.2) is 0 Å². The van der Waals surface area contributed by atoms with E-state index in [0.29, 0.717) is 0 Å². The molecule has 7 rings (SSSR count). The van der Waals surface area contributed by atoms with E-state index in [1.807, 2.05) is 0 Å². The van der Waals surface area contributed by atoms with Crippen LogP contribution in [0.1, 0.15) is 22.4 Å². The van der Waals surface area contributed by atoms with Gasteiger partial charge in [0.2, 0.25) is 17.1 Å². The van der Waals surface area contributed by atoms with Crippen LogP contribution >= 0.6 is 0 Å². The van der Waals surface area contributed by atoms with Gasteiger partial charge in [0.15, 0.2) is 24.6 Å². The molecule has 0 saturated heterocycles. The molecule has 0 aliphatic rings. The van der Waals surface area contributed by atoms with Crippen LogP contribution in [0.4, 0.5) is 0 Å². The van der Waals surface area contributed by atoms with Gasteiger partial charge in [-0.05, 0) is 65.9 Å². The summed E-state index contributed by atoms with van der Waals surface area (Å²) >= 11 is 0. The third-order valence-electron chi connectivity index (χ3n) is 9.63. The molecule has 0 aliphatic carbocycles. The largest absolute Gasteiger partial charge is 0.213 e. The van der Waals surface area contributed by atoms with Crippen molar-refractivity contribution in [3.63, 3.8) is 0 Å².